The number of anilines is 1. The highest BCUT2D eigenvalue weighted by molar-refractivity contribution is 6.00. The second-order valence-corrected chi connectivity index (χ2v) is 11.3. The molecule has 3 rings (SSSR count). The number of hydrogen-bond donors (Lipinski definition) is 2. The van der Waals surface area contributed by atoms with Crippen LogP contribution in [0.15, 0.2) is 67.3 Å². The summed E-state index contributed by atoms with van der Waals surface area (Å²) in [5.41, 5.74) is 1.99. The Bertz CT molecular complexity index is 1140. The topological polar surface area (TPSA) is 87.7 Å². The molecule has 0 aliphatic carbocycles. The van der Waals surface area contributed by atoms with E-state index < -0.39 is 29.6 Å². The minimum absolute atomic E-state index is 0.141. The van der Waals surface area contributed by atoms with Crippen LogP contribution in [0.2, 0.25) is 0 Å². The summed E-state index contributed by atoms with van der Waals surface area (Å²) in [6.45, 7) is 13.2. The summed E-state index contributed by atoms with van der Waals surface area (Å²) >= 11 is 0. The average molecular weight is 520 g/mol. The maximum absolute atomic E-state index is 13.8. The van der Waals surface area contributed by atoms with Crippen LogP contribution in [-0.4, -0.2) is 36.6 Å². The van der Waals surface area contributed by atoms with Crippen molar-refractivity contribution in [3.05, 3.63) is 78.4 Å². The van der Waals surface area contributed by atoms with Crippen molar-refractivity contribution in [1.82, 2.24) is 10.6 Å². The molecule has 38 heavy (non-hydrogen) atoms. The molecule has 0 saturated carbocycles. The molecule has 2 aromatic rings. The van der Waals surface area contributed by atoms with Crippen LogP contribution in [0.1, 0.15) is 64.6 Å². The van der Waals surface area contributed by atoms with Gasteiger partial charge >= 0.3 is 5.97 Å². The van der Waals surface area contributed by atoms with Crippen molar-refractivity contribution >= 4 is 23.5 Å². The fourth-order valence-electron chi connectivity index (χ4n) is 4.89. The normalized spacial score (nSPS) is 19.2. The second-order valence-electron chi connectivity index (χ2n) is 11.3. The van der Waals surface area contributed by atoms with Crippen LogP contribution in [0.4, 0.5) is 5.69 Å². The average Bonchev–Trinajstić information content (AvgIpc) is 2.96. The van der Waals surface area contributed by atoms with Crippen LogP contribution in [-0.2, 0) is 19.1 Å². The first kappa shape index (κ1) is 29.1. The Morgan fingerprint density at radius 2 is 1.71 bits per heavy atom. The van der Waals surface area contributed by atoms with E-state index in [4.69, 9.17) is 4.74 Å². The van der Waals surface area contributed by atoms with Gasteiger partial charge in [0.15, 0.2) is 6.17 Å². The van der Waals surface area contributed by atoms with E-state index in [-0.39, 0.29) is 23.8 Å². The van der Waals surface area contributed by atoms with Gasteiger partial charge in [-0.25, -0.2) is 0 Å². The van der Waals surface area contributed by atoms with E-state index in [0.29, 0.717) is 12.8 Å². The second kappa shape index (κ2) is 12.4. The van der Waals surface area contributed by atoms with Crippen molar-refractivity contribution in [2.45, 2.75) is 65.3 Å². The van der Waals surface area contributed by atoms with Gasteiger partial charge in [0.2, 0.25) is 5.91 Å². The number of nitrogens with one attached hydrogen (secondary N) is 2. The van der Waals surface area contributed by atoms with Crippen molar-refractivity contribution in [3.63, 3.8) is 0 Å². The van der Waals surface area contributed by atoms with Crippen molar-refractivity contribution in [1.29, 1.82) is 0 Å². The van der Waals surface area contributed by atoms with Gasteiger partial charge in [-0.15, -0.1) is 6.58 Å². The predicted molar refractivity (Wildman–Crippen MR) is 150 cm³/mol. The number of fused-ring (bicyclic) bond motifs is 1. The smallest absolute Gasteiger partial charge is 0.310 e. The summed E-state index contributed by atoms with van der Waals surface area (Å²) in [5.74, 6) is -2.36. The molecule has 7 nitrogen and oxygen atoms in total. The van der Waals surface area contributed by atoms with Crippen LogP contribution < -0.4 is 15.5 Å². The van der Waals surface area contributed by atoms with Crippen LogP contribution in [0.25, 0.3) is 0 Å². The third-order valence-corrected chi connectivity index (χ3v) is 6.62. The van der Waals surface area contributed by atoms with Gasteiger partial charge in [-0.1, -0.05) is 68.5 Å². The summed E-state index contributed by atoms with van der Waals surface area (Å²) in [5, 5.41) is 6.34. The Morgan fingerprint density at radius 3 is 2.32 bits per heavy atom. The Morgan fingerprint density at radius 1 is 1.08 bits per heavy atom. The molecular weight excluding hydrogens is 478 g/mol. The zero-order valence-corrected chi connectivity index (χ0v) is 23.4. The Kier molecular flexibility index (Phi) is 9.50. The number of carbonyl (C=O) groups is 3. The monoisotopic (exact) mass is 519 g/mol. The highest BCUT2D eigenvalue weighted by atomic mass is 16.6. The number of nitrogens with zero attached hydrogens (tertiary/aromatic N) is 1. The zero-order valence-electron chi connectivity index (χ0n) is 23.4. The molecule has 2 aromatic carbocycles. The quantitative estimate of drug-likeness (QED) is 0.360. The first-order chi connectivity index (χ1) is 17.9. The van der Waals surface area contributed by atoms with Gasteiger partial charge in [0.1, 0.15) is 5.60 Å². The van der Waals surface area contributed by atoms with E-state index in [2.05, 4.69) is 17.2 Å². The summed E-state index contributed by atoms with van der Waals surface area (Å²) in [6, 6.07) is 17.2. The van der Waals surface area contributed by atoms with E-state index in [1.807, 2.05) is 68.4 Å². The molecule has 0 aromatic heterocycles. The molecule has 0 bridgehead atoms. The summed E-state index contributed by atoms with van der Waals surface area (Å²) in [6.07, 6.45) is 1.40. The molecule has 7 heteroatoms. The lowest BCUT2D eigenvalue weighted by Crippen LogP contribution is -2.57. The molecule has 2 amide bonds. The zero-order chi connectivity index (χ0) is 28.0. The molecule has 1 aliphatic rings. The number of likely N-dealkylation sites (N-methyl/N-ethyl adjacent to an activating group) is 1. The van der Waals surface area contributed by atoms with Gasteiger partial charge in [0.25, 0.3) is 5.91 Å². The lowest BCUT2D eigenvalue weighted by atomic mass is 9.82. The number of benzene rings is 2. The number of allylic oxidation sites excluding steroid dienone is 1. The maximum Gasteiger partial charge on any atom is 0.310 e. The largest absolute Gasteiger partial charge is 0.460 e. The molecule has 4 atom stereocenters. The van der Waals surface area contributed by atoms with Gasteiger partial charge in [0.05, 0.1) is 17.9 Å². The lowest BCUT2D eigenvalue weighted by molar-refractivity contribution is -0.164. The molecule has 2 unspecified atom stereocenters. The van der Waals surface area contributed by atoms with Crippen molar-refractivity contribution < 1.29 is 19.1 Å². The highest BCUT2D eigenvalue weighted by Crippen LogP contribution is 2.34. The first-order valence-corrected chi connectivity index (χ1v) is 13.2. The van der Waals surface area contributed by atoms with Gasteiger partial charge in [-0.3, -0.25) is 19.7 Å². The van der Waals surface area contributed by atoms with Crippen LogP contribution in [0, 0.1) is 17.8 Å². The summed E-state index contributed by atoms with van der Waals surface area (Å²) in [4.78, 5) is 42.2. The Labute approximate surface area is 226 Å². The van der Waals surface area contributed by atoms with Crippen LogP contribution in [0.5, 0.6) is 0 Å². The van der Waals surface area contributed by atoms with Crippen molar-refractivity contribution in [2.75, 3.05) is 11.9 Å². The number of carbonyl (C=O) groups excluding carboxylic acids is 3. The molecule has 0 radical (unpaired) electrons. The third kappa shape index (κ3) is 7.10. The third-order valence-electron chi connectivity index (χ3n) is 6.62. The summed E-state index contributed by atoms with van der Waals surface area (Å²) < 4.78 is 5.67. The summed E-state index contributed by atoms with van der Waals surface area (Å²) in [7, 11) is 1.71. The van der Waals surface area contributed by atoms with E-state index >= 15 is 0 Å². The fourth-order valence-corrected chi connectivity index (χ4v) is 4.89. The molecule has 0 fully saturated rings. The first-order valence-electron chi connectivity index (χ1n) is 13.2. The van der Waals surface area contributed by atoms with Gasteiger partial charge in [-0.2, -0.15) is 0 Å². The minimum atomic E-state index is -0.997. The van der Waals surface area contributed by atoms with Crippen LogP contribution in [0.3, 0.4) is 0 Å². The van der Waals surface area contributed by atoms with Gasteiger partial charge in [0, 0.05) is 12.7 Å². The SMILES string of the molecule is C=CC[C@H](C(=O)OC(C)(C)C)[C@@H](CC(C)C)C(=O)NC1NC(c2ccccc2)c2ccccc2N(C)C1=O. The Balaban J connectivity index is 1.96. The standard InChI is InChI=1S/C31H41N3O4/c1-8-14-22(30(37)38-31(4,5)6)24(19-20(2)3)28(35)33-27-29(36)34(7)25-18-13-12-17-23(25)26(32-27)21-15-10-9-11-16-21/h8-13,15-18,20,22,24,26-27,32H,1,14,19H2,2-7H3,(H,33,35)/t22-,24+,26?,27?/m0/s1. The molecule has 1 heterocycles. The number of amides is 2. The van der Waals surface area contributed by atoms with E-state index in [9.17, 15) is 14.4 Å². The van der Waals surface area contributed by atoms with E-state index in [0.717, 1.165) is 16.8 Å². The van der Waals surface area contributed by atoms with Gasteiger partial charge < -0.3 is 15.0 Å². The number of esters is 1. The van der Waals surface area contributed by atoms with Gasteiger partial charge in [-0.05, 0) is 56.7 Å². The Hall–Kier alpha value is -3.45. The van der Waals surface area contributed by atoms with Crippen molar-refractivity contribution in [2.24, 2.45) is 17.8 Å². The number of ether oxygens (including phenoxy) is 1. The molecule has 0 saturated heterocycles. The van der Waals surface area contributed by atoms with E-state index in [1.54, 1.807) is 38.8 Å². The molecular formula is C31H41N3O4. The fraction of sp³-hybridized carbons (Fsp3) is 0.452. The molecule has 2 N–H and O–H groups in total. The van der Waals surface area contributed by atoms with Crippen LogP contribution >= 0.6 is 0 Å². The molecule has 204 valence electrons. The van der Waals surface area contributed by atoms with E-state index in [1.165, 1.54) is 0 Å². The lowest BCUT2D eigenvalue weighted by Gasteiger charge is -2.31. The minimum Gasteiger partial charge on any atom is -0.460 e. The predicted octanol–water partition coefficient (Wildman–Crippen LogP) is 4.98. The van der Waals surface area contributed by atoms with Crippen molar-refractivity contribution in [3.8, 4) is 0 Å². The number of rotatable bonds is 9. The highest BCUT2D eigenvalue weighted by Gasteiger charge is 2.40. The number of para-hydroxylation sites is 1. The molecule has 0 spiro atoms. The number of hydrogen-bond acceptors (Lipinski definition) is 5. The molecule has 1 aliphatic heterocycles. The maximum atomic E-state index is 13.8.